The molecule has 180 valence electrons. The van der Waals surface area contributed by atoms with E-state index < -0.39 is 0 Å². The minimum absolute atomic E-state index is 0.996. The summed E-state index contributed by atoms with van der Waals surface area (Å²) in [7, 11) is 0. The molecule has 2 heteroatoms. The van der Waals surface area contributed by atoms with Crippen molar-refractivity contribution in [1.82, 2.24) is 0 Å². The Morgan fingerprint density at radius 3 is 1.07 bits per heavy atom. The predicted octanol–water partition coefficient (Wildman–Crippen LogP) is 8.68. The molecule has 1 aliphatic rings. The second-order valence-electron chi connectivity index (χ2n) is 10.2. The molecule has 0 N–H and O–H groups in total. The lowest BCUT2D eigenvalue weighted by atomic mass is 10.0. The highest BCUT2D eigenvalue weighted by molar-refractivity contribution is 4.55. The fraction of sp³-hybridized carbons (Fsp3) is 1.00. The molecule has 1 saturated heterocycles. The van der Waals surface area contributed by atoms with Gasteiger partial charge in [-0.15, -0.1) is 0 Å². The van der Waals surface area contributed by atoms with Crippen molar-refractivity contribution in [2.24, 2.45) is 0 Å². The fourth-order valence-corrected chi connectivity index (χ4v) is 5.16. The van der Waals surface area contributed by atoms with Gasteiger partial charge in [0.15, 0.2) is 0 Å². The average molecular weight is 425 g/mol. The van der Waals surface area contributed by atoms with Gasteiger partial charge >= 0.3 is 0 Å². The van der Waals surface area contributed by atoms with Crippen molar-refractivity contribution < 1.29 is 9.22 Å². The van der Waals surface area contributed by atoms with Crippen LogP contribution in [-0.2, 0) is 4.74 Å². The Kier molecular flexibility index (Phi) is 19.4. The molecule has 0 aromatic heterocycles. The Morgan fingerprint density at radius 1 is 0.433 bits per heavy atom. The van der Waals surface area contributed by atoms with Gasteiger partial charge in [-0.3, -0.25) is 0 Å². The van der Waals surface area contributed by atoms with Crippen molar-refractivity contribution in [2.75, 3.05) is 39.4 Å². The maximum Gasteiger partial charge on any atom is 0.102 e. The first kappa shape index (κ1) is 28.0. The highest BCUT2D eigenvalue weighted by Gasteiger charge is 2.29. The molecule has 0 atom stereocenters. The zero-order valence-corrected chi connectivity index (χ0v) is 21.2. The number of morpholine rings is 1. The van der Waals surface area contributed by atoms with Crippen LogP contribution in [0.3, 0.4) is 0 Å². The molecule has 30 heavy (non-hydrogen) atoms. The number of hydrogen-bond donors (Lipinski definition) is 0. The first-order chi connectivity index (χ1) is 14.8. The van der Waals surface area contributed by atoms with Crippen molar-refractivity contribution in [1.29, 1.82) is 0 Å². The lowest BCUT2D eigenvalue weighted by Crippen LogP contribution is -2.56. The molecule has 0 aliphatic carbocycles. The van der Waals surface area contributed by atoms with E-state index in [1.807, 2.05) is 0 Å². The third-order valence-corrected chi connectivity index (χ3v) is 7.39. The topological polar surface area (TPSA) is 9.23 Å². The van der Waals surface area contributed by atoms with Crippen LogP contribution in [0.2, 0.25) is 0 Å². The monoisotopic (exact) mass is 424 g/mol. The van der Waals surface area contributed by atoms with Gasteiger partial charge in [0.1, 0.15) is 13.1 Å². The number of quaternary nitrogens is 1. The average Bonchev–Trinajstić information content (AvgIpc) is 2.77. The van der Waals surface area contributed by atoms with Crippen LogP contribution in [-0.4, -0.2) is 43.9 Å². The molecular weight excluding hydrogens is 366 g/mol. The van der Waals surface area contributed by atoms with Crippen LogP contribution in [0.1, 0.15) is 142 Å². The van der Waals surface area contributed by atoms with Crippen LogP contribution in [0.5, 0.6) is 0 Å². The largest absolute Gasteiger partial charge is 0.370 e. The first-order valence-electron chi connectivity index (χ1n) is 14.3. The highest BCUT2D eigenvalue weighted by atomic mass is 16.5. The van der Waals surface area contributed by atoms with Crippen molar-refractivity contribution in [3.8, 4) is 0 Å². The number of ether oxygens (including phenoxy) is 1. The highest BCUT2D eigenvalue weighted by Crippen LogP contribution is 2.18. The normalized spacial score (nSPS) is 16.2. The molecule has 0 radical (unpaired) electrons. The first-order valence-corrected chi connectivity index (χ1v) is 14.3. The van der Waals surface area contributed by atoms with Crippen LogP contribution in [0.15, 0.2) is 0 Å². The maximum absolute atomic E-state index is 5.71. The quantitative estimate of drug-likeness (QED) is 0.125. The number of nitrogens with zero attached hydrogens (tertiary/aromatic N) is 1. The van der Waals surface area contributed by atoms with Crippen molar-refractivity contribution in [3.05, 3.63) is 0 Å². The Hall–Kier alpha value is -0.0800. The van der Waals surface area contributed by atoms with Crippen molar-refractivity contribution >= 4 is 0 Å². The van der Waals surface area contributed by atoms with Crippen LogP contribution in [0.25, 0.3) is 0 Å². The molecule has 1 heterocycles. The van der Waals surface area contributed by atoms with Crippen molar-refractivity contribution in [3.63, 3.8) is 0 Å². The molecule has 1 aliphatic heterocycles. The van der Waals surface area contributed by atoms with E-state index in [0.717, 1.165) is 13.2 Å². The molecule has 0 saturated carbocycles. The molecular formula is C28H58NO+. The lowest BCUT2D eigenvalue weighted by molar-refractivity contribution is -0.935. The fourth-order valence-electron chi connectivity index (χ4n) is 5.16. The van der Waals surface area contributed by atoms with Crippen LogP contribution >= 0.6 is 0 Å². The van der Waals surface area contributed by atoms with Gasteiger partial charge in [0.2, 0.25) is 0 Å². The molecule has 1 rings (SSSR count). The van der Waals surface area contributed by atoms with Gasteiger partial charge < -0.3 is 9.22 Å². The standard InChI is InChI=1S/C28H58NO/c1-3-5-7-9-11-13-15-17-19-21-23-29(25-27-30-28-26-29)24-22-20-18-16-14-12-10-8-6-4-2/h3-28H2,1-2H3/q+1. The van der Waals surface area contributed by atoms with Gasteiger partial charge in [-0.05, 0) is 25.7 Å². The number of hydrogen-bond acceptors (Lipinski definition) is 1. The molecule has 0 spiro atoms. The Bertz CT molecular complexity index is 312. The van der Waals surface area contributed by atoms with Gasteiger partial charge in [0.25, 0.3) is 0 Å². The van der Waals surface area contributed by atoms with E-state index in [4.69, 9.17) is 4.74 Å². The van der Waals surface area contributed by atoms with Crippen LogP contribution < -0.4 is 0 Å². The minimum atomic E-state index is 0.996. The van der Waals surface area contributed by atoms with E-state index >= 15 is 0 Å². The summed E-state index contributed by atoms with van der Waals surface area (Å²) in [6.07, 6.45) is 28.9. The van der Waals surface area contributed by atoms with Gasteiger partial charge in [0, 0.05) is 0 Å². The zero-order valence-electron chi connectivity index (χ0n) is 21.2. The maximum atomic E-state index is 5.71. The van der Waals surface area contributed by atoms with Crippen LogP contribution in [0, 0.1) is 0 Å². The van der Waals surface area contributed by atoms with Crippen molar-refractivity contribution in [2.45, 2.75) is 142 Å². The second-order valence-corrected chi connectivity index (χ2v) is 10.2. The number of unbranched alkanes of at least 4 members (excludes halogenated alkanes) is 18. The smallest absolute Gasteiger partial charge is 0.102 e. The lowest BCUT2D eigenvalue weighted by Gasteiger charge is -2.41. The summed E-state index contributed by atoms with van der Waals surface area (Å²) in [6.45, 7) is 12.0. The van der Waals surface area contributed by atoms with Crippen LogP contribution in [0.4, 0.5) is 0 Å². The third-order valence-electron chi connectivity index (χ3n) is 7.39. The molecule has 2 nitrogen and oxygen atoms in total. The predicted molar refractivity (Wildman–Crippen MR) is 134 cm³/mol. The molecule has 0 bridgehead atoms. The van der Waals surface area contributed by atoms with E-state index in [1.54, 1.807) is 0 Å². The summed E-state index contributed by atoms with van der Waals surface area (Å²) in [5.74, 6) is 0. The molecule has 1 fully saturated rings. The van der Waals surface area contributed by atoms with Gasteiger partial charge in [-0.25, -0.2) is 0 Å². The summed E-state index contributed by atoms with van der Waals surface area (Å²) < 4.78 is 7.08. The number of rotatable bonds is 22. The van der Waals surface area contributed by atoms with Gasteiger partial charge in [-0.2, -0.15) is 0 Å². The summed E-state index contributed by atoms with van der Waals surface area (Å²) in [6, 6.07) is 0. The Labute approximate surface area is 191 Å². The summed E-state index contributed by atoms with van der Waals surface area (Å²) in [5.41, 5.74) is 0. The summed E-state index contributed by atoms with van der Waals surface area (Å²) in [5, 5.41) is 0. The molecule has 0 aromatic carbocycles. The van der Waals surface area contributed by atoms with E-state index in [9.17, 15) is 0 Å². The van der Waals surface area contributed by atoms with E-state index in [-0.39, 0.29) is 0 Å². The van der Waals surface area contributed by atoms with E-state index in [1.165, 1.54) is 159 Å². The Morgan fingerprint density at radius 2 is 0.733 bits per heavy atom. The summed E-state index contributed by atoms with van der Waals surface area (Å²) in [4.78, 5) is 0. The van der Waals surface area contributed by atoms with E-state index in [0.29, 0.717) is 0 Å². The molecule has 0 aromatic rings. The second kappa shape index (κ2) is 20.8. The SMILES string of the molecule is CCCCCCCCCCCC[N+]1(CCCCCCCCCCCC)CCOCC1. The van der Waals surface area contributed by atoms with Gasteiger partial charge in [0.05, 0.1) is 26.3 Å². The zero-order chi connectivity index (χ0) is 21.6. The third kappa shape index (κ3) is 15.7. The molecule has 0 amide bonds. The Balaban J connectivity index is 2.02. The minimum Gasteiger partial charge on any atom is -0.370 e. The summed E-state index contributed by atoms with van der Waals surface area (Å²) >= 11 is 0. The van der Waals surface area contributed by atoms with Gasteiger partial charge in [-0.1, -0.05) is 117 Å². The van der Waals surface area contributed by atoms with E-state index in [2.05, 4.69) is 13.8 Å². The molecule has 0 unspecified atom stereocenters.